The van der Waals surface area contributed by atoms with Crippen molar-refractivity contribution in [3.63, 3.8) is 0 Å². The number of hydrogen-bond donors (Lipinski definition) is 2. The van der Waals surface area contributed by atoms with Crippen molar-refractivity contribution in [3.8, 4) is 0 Å². The third-order valence-corrected chi connectivity index (χ3v) is 3.22. The van der Waals surface area contributed by atoms with E-state index in [2.05, 4.69) is 5.32 Å². The molecule has 2 N–H and O–H groups in total. The van der Waals surface area contributed by atoms with Gasteiger partial charge in [-0.2, -0.15) is 0 Å². The second kappa shape index (κ2) is 7.81. The van der Waals surface area contributed by atoms with Crippen LogP contribution in [0.4, 0.5) is 0 Å². The Morgan fingerprint density at radius 1 is 1.30 bits per heavy atom. The van der Waals surface area contributed by atoms with E-state index in [1.54, 1.807) is 4.90 Å². The Kier molecular flexibility index (Phi) is 6.40. The fourth-order valence-corrected chi connectivity index (χ4v) is 2.10. The van der Waals surface area contributed by atoms with Crippen molar-refractivity contribution in [2.75, 3.05) is 53.5 Å². The van der Waals surface area contributed by atoms with Gasteiger partial charge in [0.2, 0.25) is 11.8 Å². The molecule has 114 valence electrons. The molecule has 1 aliphatic rings. The second-order valence-corrected chi connectivity index (χ2v) is 4.72. The highest BCUT2D eigenvalue weighted by Crippen LogP contribution is 2.10. The molecule has 1 rings (SSSR count). The summed E-state index contributed by atoms with van der Waals surface area (Å²) in [5.41, 5.74) is 0. The van der Waals surface area contributed by atoms with E-state index >= 15 is 0 Å². The zero-order valence-corrected chi connectivity index (χ0v) is 11.8. The van der Waals surface area contributed by atoms with Gasteiger partial charge in [0, 0.05) is 40.3 Å². The monoisotopic (exact) mass is 287 g/mol. The molecule has 0 radical (unpaired) electrons. The molecule has 0 bridgehead atoms. The minimum Gasteiger partial charge on any atom is -0.481 e. The summed E-state index contributed by atoms with van der Waals surface area (Å²) < 4.78 is 4.79. The minimum atomic E-state index is -0.968. The van der Waals surface area contributed by atoms with Gasteiger partial charge in [-0.3, -0.25) is 19.3 Å². The number of rotatable bonds is 5. The average molecular weight is 287 g/mol. The number of likely N-dealkylation sites (N-methyl/N-ethyl adjacent to an activating group) is 1. The van der Waals surface area contributed by atoms with Crippen LogP contribution in [-0.2, 0) is 19.1 Å². The topological polar surface area (TPSA) is 99.2 Å². The standard InChI is InChI=1S/C12H21N3O5/c1-13-10(16)7-14-3-4-15(11(17)8-20-2)6-9(5-14)12(18)19/h9H,3-8H2,1-2H3,(H,13,16)(H,18,19). The number of ether oxygens (including phenoxy) is 1. The summed E-state index contributed by atoms with van der Waals surface area (Å²) in [5.74, 6) is -2.08. The maximum absolute atomic E-state index is 11.8. The highest BCUT2D eigenvalue weighted by molar-refractivity contribution is 5.79. The predicted molar refractivity (Wildman–Crippen MR) is 70.1 cm³/mol. The lowest BCUT2D eigenvalue weighted by atomic mass is 10.1. The van der Waals surface area contributed by atoms with Gasteiger partial charge in [-0.25, -0.2) is 0 Å². The van der Waals surface area contributed by atoms with Crippen molar-refractivity contribution in [2.24, 2.45) is 5.92 Å². The molecule has 0 aliphatic carbocycles. The van der Waals surface area contributed by atoms with Gasteiger partial charge in [0.05, 0.1) is 12.5 Å². The van der Waals surface area contributed by atoms with Crippen LogP contribution in [0, 0.1) is 5.92 Å². The zero-order valence-electron chi connectivity index (χ0n) is 11.8. The van der Waals surface area contributed by atoms with Crippen molar-refractivity contribution in [3.05, 3.63) is 0 Å². The first kappa shape index (κ1) is 16.4. The van der Waals surface area contributed by atoms with E-state index in [-0.39, 0.29) is 38.1 Å². The quantitative estimate of drug-likeness (QED) is 0.620. The van der Waals surface area contributed by atoms with Gasteiger partial charge in [-0.05, 0) is 0 Å². The highest BCUT2D eigenvalue weighted by atomic mass is 16.5. The summed E-state index contributed by atoms with van der Waals surface area (Å²) in [6.45, 7) is 1.31. The highest BCUT2D eigenvalue weighted by Gasteiger charge is 2.30. The van der Waals surface area contributed by atoms with Crippen LogP contribution in [0.5, 0.6) is 0 Å². The first-order valence-electron chi connectivity index (χ1n) is 6.40. The first-order chi connectivity index (χ1) is 9.47. The van der Waals surface area contributed by atoms with Crippen LogP contribution in [-0.4, -0.2) is 86.2 Å². The number of methoxy groups -OCH3 is 1. The van der Waals surface area contributed by atoms with Crippen molar-refractivity contribution < 1.29 is 24.2 Å². The number of carbonyl (C=O) groups is 3. The molecule has 1 atom stereocenters. The number of nitrogens with zero attached hydrogens (tertiary/aromatic N) is 2. The van der Waals surface area contributed by atoms with E-state index in [0.717, 1.165) is 0 Å². The molecule has 1 heterocycles. The lowest BCUT2D eigenvalue weighted by Crippen LogP contribution is -2.40. The summed E-state index contributed by atoms with van der Waals surface area (Å²) in [6.07, 6.45) is 0. The Hall–Kier alpha value is -1.67. The Morgan fingerprint density at radius 2 is 2.00 bits per heavy atom. The molecule has 1 unspecified atom stereocenters. The first-order valence-corrected chi connectivity index (χ1v) is 6.40. The van der Waals surface area contributed by atoms with Crippen molar-refractivity contribution in [2.45, 2.75) is 0 Å². The summed E-state index contributed by atoms with van der Waals surface area (Å²) in [5, 5.41) is 11.7. The fourth-order valence-electron chi connectivity index (χ4n) is 2.10. The number of carbonyl (C=O) groups excluding carboxylic acids is 2. The largest absolute Gasteiger partial charge is 0.481 e. The molecule has 0 saturated carbocycles. The molecular formula is C12H21N3O5. The van der Waals surface area contributed by atoms with E-state index in [1.165, 1.54) is 19.1 Å². The van der Waals surface area contributed by atoms with Crippen LogP contribution in [0.15, 0.2) is 0 Å². The normalized spacial score (nSPS) is 20.3. The summed E-state index contributed by atoms with van der Waals surface area (Å²) >= 11 is 0. The van der Waals surface area contributed by atoms with Crippen molar-refractivity contribution in [1.29, 1.82) is 0 Å². The molecule has 8 nitrogen and oxygen atoms in total. The third-order valence-electron chi connectivity index (χ3n) is 3.22. The molecule has 0 aromatic heterocycles. The van der Waals surface area contributed by atoms with E-state index in [1.807, 2.05) is 0 Å². The number of amides is 2. The zero-order chi connectivity index (χ0) is 15.1. The molecule has 0 aromatic carbocycles. The summed E-state index contributed by atoms with van der Waals surface area (Å²) in [6, 6.07) is 0. The molecule has 1 aliphatic heterocycles. The molecular weight excluding hydrogens is 266 g/mol. The van der Waals surface area contributed by atoms with Crippen LogP contribution in [0.1, 0.15) is 0 Å². The Balaban J connectivity index is 2.72. The average Bonchev–Trinajstić information content (AvgIpc) is 2.61. The number of nitrogens with one attached hydrogen (secondary N) is 1. The maximum atomic E-state index is 11.8. The molecule has 8 heteroatoms. The molecule has 0 aromatic rings. The second-order valence-electron chi connectivity index (χ2n) is 4.72. The van der Waals surface area contributed by atoms with Gasteiger partial charge in [-0.15, -0.1) is 0 Å². The van der Waals surface area contributed by atoms with Crippen LogP contribution >= 0.6 is 0 Å². The molecule has 2 amide bonds. The minimum absolute atomic E-state index is 0.0677. The van der Waals surface area contributed by atoms with Gasteiger partial charge in [0.15, 0.2) is 0 Å². The van der Waals surface area contributed by atoms with E-state index < -0.39 is 11.9 Å². The van der Waals surface area contributed by atoms with E-state index in [0.29, 0.717) is 13.1 Å². The number of carboxylic acids is 1. The number of carboxylic acid groups (broad SMARTS) is 1. The summed E-state index contributed by atoms with van der Waals surface area (Å²) in [4.78, 5) is 37.7. The van der Waals surface area contributed by atoms with Crippen molar-refractivity contribution >= 4 is 17.8 Å². The summed E-state index contributed by atoms with van der Waals surface area (Å²) in [7, 11) is 2.95. The van der Waals surface area contributed by atoms with E-state index in [4.69, 9.17) is 4.74 Å². The Morgan fingerprint density at radius 3 is 2.55 bits per heavy atom. The van der Waals surface area contributed by atoms with Crippen LogP contribution in [0.3, 0.4) is 0 Å². The van der Waals surface area contributed by atoms with Gasteiger partial charge in [0.1, 0.15) is 6.61 Å². The van der Waals surface area contributed by atoms with Crippen LogP contribution < -0.4 is 5.32 Å². The smallest absolute Gasteiger partial charge is 0.309 e. The molecule has 1 saturated heterocycles. The lowest BCUT2D eigenvalue weighted by molar-refractivity contribution is -0.144. The van der Waals surface area contributed by atoms with Crippen LogP contribution in [0.2, 0.25) is 0 Å². The van der Waals surface area contributed by atoms with Crippen molar-refractivity contribution in [1.82, 2.24) is 15.1 Å². The van der Waals surface area contributed by atoms with Gasteiger partial charge in [0.25, 0.3) is 0 Å². The predicted octanol–water partition coefficient (Wildman–Crippen LogP) is -1.78. The fraction of sp³-hybridized carbons (Fsp3) is 0.750. The van der Waals surface area contributed by atoms with Gasteiger partial charge < -0.3 is 20.1 Å². The molecule has 0 spiro atoms. The van der Waals surface area contributed by atoms with Gasteiger partial charge >= 0.3 is 5.97 Å². The molecule has 20 heavy (non-hydrogen) atoms. The Labute approximate surface area is 117 Å². The number of hydrogen-bond acceptors (Lipinski definition) is 5. The third kappa shape index (κ3) is 4.78. The molecule has 1 fully saturated rings. The Bertz CT molecular complexity index is 374. The maximum Gasteiger partial charge on any atom is 0.309 e. The van der Waals surface area contributed by atoms with E-state index in [9.17, 15) is 19.5 Å². The lowest BCUT2D eigenvalue weighted by Gasteiger charge is -2.21. The van der Waals surface area contributed by atoms with Gasteiger partial charge in [-0.1, -0.05) is 0 Å². The van der Waals surface area contributed by atoms with Crippen LogP contribution in [0.25, 0.3) is 0 Å². The SMILES string of the molecule is CNC(=O)CN1CCN(C(=O)COC)CC(C(=O)O)C1. The number of aliphatic carboxylic acids is 1.